The van der Waals surface area contributed by atoms with Crippen LogP contribution >= 0.6 is 0 Å². The molecular formula is C12H24N2O. The standard InChI is InChI=1S/C12H24N2O/c1-10(2,3)9-13(8)11(4,5)12(6,7)14(9)15/h1-8H3. The summed E-state index contributed by atoms with van der Waals surface area (Å²) in [6.45, 7) is 14.5. The second kappa shape index (κ2) is 2.89. The van der Waals surface area contributed by atoms with Gasteiger partial charge in [0.15, 0.2) is 0 Å². The van der Waals surface area contributed by atoms with E-state index in [9.17, 15) is 5.21 Å². The normalized spacial score (nSPS) is 24.9. The van der Waals surface area contributed by atoms with Gasteiger partial charge in [0.05, 0.1) is 12.5 Å². The number of rotatable bonds is 0. The van der Waals surface area contributed by atoms with E-state index in [1.165, 1.54) is 4.74 Å². The van der Waals surface area contributed by atoms with Crippen LogP contribution in [0, 0.1) is 10.6 Å². The van der Waals surface area contributed by atoms with Crippen LogP contribution in [0.1, 0.15) is 48.5 Å². The molecule has 15 heavy (non-hydrogen) atoms. The molecule has 1 aliphatic heterocycles. The number of hydrogen-bond donors (Lipinski definition) is 0. The van der Waals surface area contributed by atoms with Crippen LogP contribution in [0.3, 0.4) is 0 Å². The quantitative estimate of drug-likeness (QED) is 0.456. The van der Waals surface area contributed by atoms with Crippen molar-refractivity contribution in [2.45, 2.75) is 59.5 Å². The van der Waals surface area contributed by atoms with Gasteiger partial charge in [0.25, 0.3) is 5.84 Å². The molecule has 1 aliphatic rings. The maximum atomic E-state index is 12.3. The van der Waals surface area contributed by atoms with E-state index < -0.39 is 0 Å². The van der Waals surface area contributed by atoms with Gasteiger partial charge in [-0.2, -0.15) is 0 Å². The second-order valence-corrected chi connectivity index (χ2v) is 6.55. The summed E-state index contributed by atoms with van der Waals surface area (Å²) in [6.07, 6.45) is 0. The third-order valence-corrected chi connectivity index (χ3v) is 4.02. The average Bonchev–Trinajstić information content (AvgIpc) is 2.10. The van der Waals surface area contributed by atoms with Crippen LogP contribution in [0.2, 0.25) is 0 Å². The van der Waals surface area contributed by atoms with Gasteiger partial charge in [0.1, 0.15) is 11.1 Å². The van der Waals surface area contributed by atoms with E-state index in [-0.39, 0.29) is 16.5 Å². The Morgan fingerprint density at radius 1 is 1.13 bits per heavy atom. The molecule has 0 bridgehead atoms. The molecule has 3 nitrogen and oxygen atoms in total. The molecule has 0 aromatic carbocycles. The van der Waals surface area contributed by atoms with Crippen molar-refractivity contribution in [3.63, 3.8) is 0 Å². The molecule has 0 fully saturated rings. The molecule has 3 heteroatoms. The van der Waals surface area contributed by atoms with Crippen LogP contribution in [-0.2, 0) is 0 Å². The predicted octanol–water partition coefficient (Wildman–Crippen LogP) is 2.44. The number of likely N-dealkylation sites (N-methyl/N-ethyl adjacent to an activating group) is 1. The molecule has 0 aromatic rings. The van der Waals surface area contributed by atoms with Crippen LogP contribution in [0.4, 0.5) is 0 Å². The second-order valence-electron chi connectivity index (χ2n) is 6.55. The minimum absolute atomic E-state index is 0.110. The first kappa shape index (κ1) is 12.3. The zero-order chi connectivity index (χ0) is 12.2. The number of amidine groups is 1. The summed E-state index contributed by atoms with van der Waals surface area (Å²) in [6, 6.07) is 0. The lowest BCUT2D eigenvalue weighted by Crippen LogP contribution is -2.53. The Morgan fingerprint density at radius 2 is 1.53 bits per heavy atom. The molecule has 88 valence electrons. The van der Waals surface area contributed by atoms with Crippen molar-refractivity contribution in [2.24, 2.45) is 5.41 Å². The zero-order valence-electron chi connectivity index (χ0n) is 11.3. The highest BCUT2D eigenvalue weighted by Gasteiger charge is 2.58. The summed E-state index contributed by atoms with van der Waals surface area (Å²) in [5, 5.41) is 12.3. The van der Waals surface area contributed by atoms with E-state index in [2.05, 4.69) is 39.5 Å². The van der Waals surface area contributed by atoms with E-state index >= 15 is 0 Å². The fourth-order valence-corrected chi connectivity index (χ4v) is 2.13. The van der Waals surface area contributed by atoms with E-state index in [0.717, 1.165) is 5.84 Å². The van der Waals surface area contributed by atoms with Gasteiger partial charge in [-0.05, 0) is 48.5 Å². The molecule has 0 saturated carbocycles. The van der Waals surface area contributed by atoms with Crippen LogP contribution in [0.15, 0.2) is 0 Å². The predicted molar refractivity (Wildman–Crippen MR) is 64.0 cm³/mol. The Hall–Kier alpha value is -0.730. The monoisotopic (exact) mass is 212 g/mol. The van der Waals surface area contributed by atoms with Crippen molar-refractivity contribution < 1.29 is 4.74 Å². The molecule has 1 heterocycles. The molecule has 0 aliphatic carbocycles. The molecule has 0 aromatic heterocycles. The lowest BCUT2D eigenvalue weighted by atomic mass is 9.83. The van der Waals surface area contributed by atoms with Gasteiger partial charge < -0.3 is 5.21 Å². The lowest BCUT2D eigenvalue weighted by molar-refractivity contribution is -0.542. The van der Waals surface area contributed by atoms with Gasteiger partial charge in [-0.25, -0.2) is 0 Å². The number of hydrogen-bond acceptors (Lipinski definition) is 2. The summed E-state index contributed by atoms with van der Waals surface area (Å²) in [5.41, 5.74) is -0.636. The average molecular weight is 212 g/mol. The molecule has 0 unspecified atom stereocenters. The summed E-state index contributed by atoms with van der Waals surface area (Å²) in [4.78, 5) is 2.12. The van der Waals surface area contributed by atoms with Crippen molar-refractivity contribution in [3.8, 4) is 0 Å². The van der Waals surface area contributed by atoms with Crippen molar-refractivity contribution in [1.82, 2.24) is 4.90 Å². The van der Waals surface area contributed by atoms with Gasteiger partial charge in [-0.3, -0.25) is 9.64 Å². The summed E-state index contributed by atoms with van der Waals surface area (Å²) < 4.78 is 1.19. The van der Waals surface area contributed by atoms with Crippen molar-refractivity contribution in [2.75, 3.05) is 7.05 Å². The van der Waals surface area contributed by atoms with Crippen molar-refractivity contribution in [1.29, 1.82) is 0 Å². The first-order valence-electron chi connectivity index (χ1n) is 5.52. The Bertz CT molecular complexity index is 308. The van der Waals surface area contributed by atoms with E-state index in [4.69, 9.17) is 0 Å². The van der Waals surface area contributed by atoms with Crippen LogP contribution < -0.4 is 0 Å². The minimum atomic E-state index is -0.385. The molecular weight excluding hydrogens is 188 g/mol. The highest BCUT2D eigenvalue weighted by molar-refractivity contribution is 5.85. The van der Waals surface area contributed by atoms with Crippen LogP contribution in [-0.4, -0.2) is 33.6 Å². The minimum Gasteiger partial charge on any atom is -0.715 e. The maximum absolute atomic E-state index is 12.3. The SMILES string of the molecule is CN1C(C(C)(C)C)=[N+]([O-])C(C)(C)C1(C)C. The lowest BCUT2D eigenvalue weighted by Gasteiger charge is -2.35. The molecule has 0 spiro atoms. The van der Waals surface area contributed by atoms with Gasteiger partial charge in [0, 0.05) is 0 Å². The third-order valence-electron chi connectivity index (χ3n) is 4.02. The third kappa shape index (κ3) is 1.44. The highest BCUT2D eigenvalue weighted by Crippen LogP contribution is 2.39. The maximum Gasteiger partial charge on any atom is 0.256 e. The molecule has 0 saturated heterocycles. The van der Waals surface area contributed by atoms with Gasteiger partial charge >= 0.3 is 0 Å². The van der Waals surface area contributed by atoms with Crippen LogP contribution in [0.5, 0.6) is 0 Å². The zero-order valence-corrected chi connectivity index (χ0v) is 11.3. The van der Waals surface area contributed by atoms with Crippen molar-refractivity contribution in [3.05, 3.63) is 5.21 Å². The van der Waals surface area contributed by atoms with Gasteiger partial charge in [-0.1, -0.05) is 0 Å². The van der Waals surface area contributed by atoms with E-state index in [1.54, 1.807) is 0 Å². The van der Waals surface area contributed by atoms with Gasteiger partial charge in [-0.15, -0.1) is 0 Å². The summed E-state index contributed by atoms with van der Waals surface area (Å²) in [5.74, 6) is 0.873. The van der Waals surface area contributed by atoms with E-state index in [0.29, 0.717) is 0 Å². The number of hydroxylamine groups is 1. The van der Waals surface area contributed by atoms with E-state index in [1.807, 2.05) is 20.9 Å². The molecule has 0 radical (unpaired) electrons. The smallest absolute Gasteiger partial charge is 0.256 e. The summed E-state index contributed by atoms with van der Waals surface area (Å²) >= 11 is 0. The number of nitrogens with zero attached hydrogens (tertiary/aromatic N) is 2. The molecule has 1 rings (SSSR count). The fraction of sp³-hybridized carbons (Fsp3) is 0.917. The Morgan fingerprint density at radius 3 is 1.67 bits per heavy atom. The largest absolute Gasteiger partial charge is 0.715 e. The molecule has 0 N–H and O–H groups in total. The Balaban J connectivity index is 3.37. The molecule has 0 amide bonds. The Kier molecular flexibility index (Phi) is 2.38. The van der Waals surface area contributed by atoms with Crippen molar-refractivity contribution >= 4 is 5.84 Å². The van der Waals surface area contributed by atoms with Gasteiger partial charge in [0.2, 0.25) is 0 Å². The topological polar surface area (TPSA) is 29.3 Å². The Labute approximate surface area is 93.4 Å². The summed E-state index contributed by atoms with van der Waals surface area (Å²) in [7, 11) is 2.01. The highest BCUT2D eigenvalue weighted by atomic mass is 16.5. The van der Waals surface area contributed by atoms with Crippen LogP contribution in [0.25, 0.3) is 0 Å². The first-order chi connectivity index (χ1) is 6.44. The fourth-order valence-electron chi connectivity index (χ4n) is 2.13. The first-order valence-corrected chi connectivity index (χ1v) is 5.52. The molecule has 0 atom stereocenters.